The van der Waals surface area contributed by atoms with Gasteiger partial charge in [0, 0.05) is 13.1 Å². The molecule has 3 heteroatoms. The maximum atomic E-state index is 5.28. The van der Waals surface area contributed by atoms with E-state index in [1.807, 2.05) is 11.8 Å². The van der Waals surface area contributed by atoms with Gasteiger partial charge in [-0.05, 0) is 25.0 Å². The molecule has 0 bridgehead atoms. The number of hydrogen-bond donors (Lipinski definition) is 2. The van der Waals surface area contributed by atoms with Gasteiger partial charge in [0.25, 0.3) is 0 Å². The predicted molar refractivity (Wildman–Crippen MR) is 44.9 cm³/mol. The van der Waals surface area contributed by atoms with Gasteiger partial charge < -0.3 is 11.1 Å². The predicted octanol–water partition coefficient (Wildman–Crippen LogP) is 0.288. The van der Waals surface area contributed by atoms with Crippen LogP contribution in [0.5, 0.6) is 0 Å². The zero-order valence-corrected chi connectivity index (χ0v) is 6.84. The van der Waals surface area contributed by atoms with Gasteiger partial charge in [-0.15, -0.1) is 0 Å². The average molecular weight is 148 g/mol. The minimum absolute atomic E-state index is 0.749. The first-order chi connectivity index (χ1) is 4.41. The Bertz CT molecular complexity index is 44.3. The van der Waals surface area contributed by atoms with Gasteiger partial charge in [0.1, 0.15) is 0 Å². The standard InChI is InChI=1S/C6H16N2S/c1-9-6-2-4-8-5-3-7/h8H,2-7H2,1H3. The third kappa shape index (κ3) is 8.27. The Morgan fingerprint density at radius 1 is 1.44 bits per heavy atom. The van der Waals surface area contributed by atoms with Gasteiger partial charge >= 0.3 is 0 Å². The highest BCUT2D eigenvalue weighted by Crippen LogP contribution is 1.92. The highest BCUT2D eigenvalue weighted by Gasteiger charge is 1.83. The zero-order chi connectivity index (χ0) is 6.95. The fourth-order valence-electron chi connectivity index (χ4n) is 0.569. The molecule has 0 aromatic carbocycles. The zero-order valence-electron chi connectivity index (χ0n) is 6.02. The fourth-order valence-corrected chi connectivity index (χ4v) is 1.00. The molecule has 0 atom stereocenters. The van der Waals surface area contributed by atoms with Crippen LogP contribution in [0.15, 0.2) is 0 Å². The van der Waals surface area contributed by atoms with E-state index in [1.54, 1.807) is 0 Å². The summed E-state index contributed by atoms with van der Waals surface area (Å²) in [6.07, 6.45) is 3.38. The van der Waals surface area contributed by atoms with Crippen LogP contribution in [-0.2, 0) is 0 Å². The molecule has 0 rings (SSSR count). The topological polar surface area (TPSA) is 38.0 Å². The summed E-state index contributed by atoms with van der Waals surface area (Å²) in [4.78, 5) is 0. The van der Waals surface area contributed by atoms with E-state index in [9.17, 15) is 0 Å². The molecule has 0 saturated heterocycles. The quantitative estimate of drug-likeness (QED) is 0.532. The SMILES string of the molecule is CSCCCNCCN. The van der Waals surface area contributed by atoms with E-state index in [-0.39, 0.29) is 0 Å². The van der Waals surface area contributed by atoms with Gasteiger partial charge in [0.05, 0.1) is 0 Å². The van der Waals surface area contributed by atoms with Gasteiger partial charge in [0.15, 0.2) is 0 Å². The van der Waals surface area contributed by atoms with Crippen LogP contribution in [0.4, 0.5) is 0 Å². The molecule has 0 aliphatic rings. The molecule has 0 spiro atoms. The lowest BCUT2D eigenvalue weighted by Crippen LogP contribution is -2.23. The Kier molecular flexibility index (Phi) is 8.52. The summed E-state index contributed by atoms with van der Waals surface area (Å²) >= 11 is 1.89. The highest BCUT2D eigenvalue weighted by molar-refractivity contribution is 7.98. The largest absolute Gasteiger partial charge is 0.329 e. The van der Waals surface area contributed by atoms with E-state index in [2.05, 4.69) is 11.6 Å². The van der Waals surface area contributed by atoms with E-state index in [4.69, 9.17) is 5.73 Å². The van der Waals surface area contributed by atoms with Crippen LogP contribution in [0.25, 0.3) is 0 Å². The first-order valence-corrected chi connectivity index (χ1v) is 4.71. The van der Waals surface area contributed by atoms with Crippen LogP contribution in [-0.4, -0.2) is 31.6 Å². The van der Waals surface area contributed by atoms with Crippen molar-refractivity contribution >= 4 is 11.8 Å². The van der Waals surface area contributed by atoms with E-state index >= 15 is 0 Å². The highest BCUT2D eigenvalue weighted by atomic mass is 32.2. The minimum atomic E-state index is 0.749. The lowest BCUT2D eigenvalue weighted by atomic mass is 10.5. The average Bonchev–Trinajstić information content (AvgIpc) is 1.89. The van der Waals surface area contributed by atoms with Crippen molar-refractivity contribution in [2.75, 3.05) is 31.6 Å². The molecule has 0 aromatic heterocycles. The van der Waals surface area contributed by atoms with E-state index in [0.717, 1.165) is 19.6 Å². The van der Waals surface area contributed by atoms with Crippen LogP contribution < -0.4 is 11.1 Å². The van der Waals surface area contributed by atoms with Gasteiger partial charge in [-0.2, -0.15) is 11.8 Å². The molecule has 0 fully saturated rings. The molecule has 0 amide bonds. The number of thioether (sulfide) groups is 1. The van der Waals surface area contributed by atoms with E-state index in [0.29, 0.717) is 0 Å². The van der Waals surface area contributed by atoms with Crippen LogP contribution in [0.1, 0.15) is 6.42 Å². The van der Waals surface area contributed by atoms with Crippen molar-refractivity contribution in [3.63, 3.8) is 0 Å². The molecule has 9 heavy (non-hydrogen) atoms. The van der Waals surface area contributed by atoms with Gasteiger partial charge in [0.2, 0.25) is 0 Å². The van der Waals surface area contributed by atoms with Crippen LogP contribution in [0.3, 0.4) is 0 Å². The molecule has 0 aliphatic carbocycles. The second-order valence-electron chi connectivity index (χ2n) is 1.89. The van der Waals surface area contributed by atoms with Crippen LogP contribution in [0.2, 0.25) is 0 Å². The molecule has 2 nitrogen and oxygen atoms in total. The molecule has 0 unspecified atom stereocenters. The van der Waals surface area contributed by atoms with Gasteiger partial charge in [-0.1, -0.05) is 0 Å². The van der Waals surface area contributed by atoms with Crippen LogP contribution >= 0.6 is 11.8 Å². The van der Waals surface area contributed by atoms with Crippen molar-refractivity contribution < 1.29 is 0 Å². The Hall–Kier alpha value is 0.270. The number of hydrogen-bond acceptors (Lipinski definition) is 3. The maximum absolute atomic E-state index is 5.28. The third-order valence-corrected chi connectivity index (χ3v) is 1.72. The Balaban J connectivity index is 2.60. The third-order valence-electron chi connectivity index (χ3n) is 1.02. The number of nitrogens with two attached hydrogens (primary N) is 1. The molecule has 3 N–H and O–H groups in total. The molecular weight excluding hydrogens is 132 g/mol. The number of rotatable bonds is 6. The molecule has 0 aromatic rings. The summed E-state index contributed by atoms with van der Waals surface area (Å²) in [7, 11) is 0. The molecule has 0 aliphatic heterocycles. The smallest absolute Gasteiger partial charge is 0.00745 e. The van der Waals surface area contributed by atoms with Crippen LogP contribution in [0, 0.1) is 0 Å². The minimum Gasteiger partial charge on any atom is -0.329 e. The maximum Gasteiger partial charge on any atom is 0.00745 e. The first kappa shape index (κ1) is 9.27. The molecule has 0 saturated carbocycles. The Morgan fingerprint density at radius 3 is 2.78 bits per heavy atom. The lowest BCUT2D eigenvalue weighted by Gasteiger charge is -1.99. The van der Waals surface area contributed by atoms with Gasteiger partial charge in [-0.3, -0.25) is 0 Å². The Morgan fingerprint density at radius 2 is 2.22 bits per heavy atom. The molecule has 0 radical (unpaired) electrons. The lowest BCUT2D eigenvalue weighted by molar-refractivity contribution is 0.681. The molecule has 56 valence electrons. The van der Waals surface area contributed by atoms with Gasteiger partial charge in [-0.25, -0.2) is 0 Å². The van der Waals surface area contributed by atoms with E-state index in [1.165, 1.54) is 12.2 Å². The summed E-state index contributed by atoms with van der Waals surface area (Å²) in [6, 6.07) is 0. The second kappa shape index (κ2) is 8.27. The van der Waals surface area contributed by atoms with E-state index < -0.39 is 0 Å². The van der Waals surface area contributed by atoms with Crippen molar-refractivity contribution in [2.24, 2.45) is 5.73 Å². The normalized spacial score (nSPS) is 10.0. The second-order valence-corrected chi connectivity index (χ2v) is 2.87. The first-order valence-electron chi connectivity index (χ1n) is 3.31. The summed E-state index contributed by atoms with van der Waals surface area (Å²) in [5, 5.41) is 3.23. The molecular formula is C6H16N2S. The van der Waals surface area contributed by atoms with Crippen molar-refractivity contribution in [3.05, 3.63) is 0 Å². The van der Waals surface area contributed by atoms with Crippen molar-refractivity contribution in [1.82, 2.24) is 5.32 Å². The van der Waals surface area contributed by atoms with Crippen molar-refractivity contribution in [3.8, 4) is 0 Å². The Labute approximate surface area is 61.6 Å². The monoisotopic (exact) mass is 148 g/mol. The summed E-state index contributed by atoms with van der Waals surface area (Å²) in [6.45, 7) is 2.81. The number of nitrogens with one attached hydrogen (secondary N) is 1. The van der Waals surface area contributed by atoms with Crippen molar-refractivity contribution in [1.29, 1.82) is 0 Å². The van der Waals surface area contributed by atoms with Crippen molar-refractivity contribution in [2.45, 2.75) is 6.42 Å². The summed E-state index contributed by atoms with van der Waals surface area (Å²) < 4.78 is 0. The fraction of sp³-hybridized carbons (Fsp3) is 1.00. The summed E-state index contributed by atoms with van der Waals surface area (Å²) in [5.74, 6) is 1.25. The summed E-state index contributed by atoms with van der Waals surface area (Å²) in [5.41, 5.74) is 5.28. The molecule has 0 heterocycles.